The minimum absolute atomic E-state index is 0.0518. The van der Waals surface area contributed by atoms with Gasteiger partial charge in [-0.1, -0.05) is 11.6 Å². The highest BCUT2D eigenvalue weighted by Crippen LogP contribution is 2.27. The van der Waals surface area contributed by atoms with E-state index in [1.807, 2.05) is 6.07 Å². The summed E-state index contributed by atoms with van der Waals surface area (Å²) in [7, 11) is 0. The number of pyridine rings is 2. The standard InChI is InChI=1S/C22H26ClN3O3/c1-14-12-26(13-15(2)29-14)22-10-19(18-5-7-28-8-6-20(18)25-22)21(27)9-17-4-3-16(23)11-24-17/h3-4,10-11,14-15H,5-9,12-13H2,1-2H3/t14-,15+. The Hall–Kier alpha value is -2.02. The fourth-order valence-corrected chi connectivity index (χ4v) is 4.20. The van der Waals surface area contributed by atoms with Gasteiger partial charge < -0.3 is 14.4 Å². The first-order valence-electron chi connectivity index (χ1n) is 10.1. The van der Waals surface area contributed by atoms with E-state index in [1.165, 1.54) is 0 Å². The van der Waals surface area contributed by atoms with E-state index in [2.05, 4.69) is 23.7 Å². The van der Waals surface area contributed by atoms with E-state index in [-0.39, 0.29) is 24.4 Å². The first-order chi connectivity index (χ1) is 14.0. The van der Waals surface area contributed by atoms with Gasteiger partial charge in [0, 0.05) is 42.7 Å². The third kappa shape index (κ3) is 4.77. The van der Waals surface area contributed by atoms with Gasteiger partial charge in [-0.3, -0.25) is 9.78 Å². The van der Waals surface area contributed by atoms with Crippen molar-refractivity contribution in [3.05, 3.63) is 51.9 Å². The highest BCUT2D eigenvalue weighted by molar-refractivity contribution is 6.30. The van der Waals surface area contributed by atoms with Crippen LogP contribution in [0.25, 0.3) is 0 Å². The molecule has 0 N–H and O–H groups in total. The fraction of sp³-hybridized carbons (Fsp3) is 0.500. The Kier molecular flexibility index (Phi) is 6.13. The summed E-state index contributed by atoms with van der Waals surface area (Å²) in [6, 6.07) is 5.52. The lowest BCUT2D eigenvalue weighted by Crippen LogP contribution is -2.46. The van der Waals surface area contributed by atoms with Crippen LogP contribution in [0.1, 0.15) is 41.2 Å². The lowest BCUT2D eigenvalue weighted by molar-refractivity contribution is -0.00547. The Bertz CT molecular complexity index is 878. The molecule has 1 saturated heterocycles. The van der Waals surface area contributed by atoms with Crippen molar-refractivity contribution >= 4 is 23.2 Å². The van der Waals surface area contributed by atoms with Gasteiger partial charge in [-0.2, -0.15) is 0 Å². The Labute approximate surface area is 176 Å². The molecule has 0 unspecified atom stereocenters. The lowest BCUT2D eigenvalue weighted by Gasteiger charge is -2.36. The average Bonchev–Trinajstić information content (AvgIpc) is 2.93. The van der Waals surface area contributed by atoms with Gasteiger partial charge in [-0.05, 0) is 44.0 Å². The second-order valence-electron chi connectivity index (χ2n) is 7.80. The molecule has 2 aliphatic heterocycles. The van der Waals surface area contributed by atoms with Crippen LogP contribution in [0.5, 0.6) is 0 Å². The zero-order valence-electron chi connectivity index (χ0n) is 16.9. The maximum absolute atomic E-state index is 13.3. The summed E-state index contributed by atoms with van der Waals surface area (Å²) in [4.78, 5) is 24.7. The van der Waals surface area contributed by atoms with E-state index in [9.17, 15) is 4.79 Å². The predicted molar refractivity (Wildman–Crippen MR) is 112 cm³/mol. The molecule has 154 valence electrons. The lowest BCUT2D eigenvalue weighted by atomic mass is 9.96. The van der Waals surface area contributed by atoms with Crippen molar-refractivity contribution in [3.8, 4) is 0 Å². The molecular formula is C22H26ClN3O3. The molecule has 0 aliphatic carbocycles. The smallest absolute Gasteiger partial charge is 0.169 e. The number of carbonyl (C=O) groups is 1. The zero-order chi connectivity index (χ0) is 20.4. The van der Waals surface area contributed by atoms with Crippen LogP contribution in [0.2, 0.25) is 5.02 Å². The van der Waals surface area contributed by atoms with Crippen LogP contribution in [-0.2, 0) is 28.7 Å². The minimum atomic E-state index is 0.0518. The monoisotopic (exact) mass is 415 g/mol. The van der Waals surface area contributed by atoms with Gasteiger partial charge in [0.1, 0.15) is 5.82 Å². The molecule has 0 radical (unpaired) electrons. The maximum atomic E-state index is 13.3. The van der Waals surface area contributed by atoms with Gasteiger partial charge in [0.15, 0.2) is 5.78 Å². The number of ketones is 1. The molecular weight excluding hydrogens is 390 g/mol. The van der Waals surface area contributed by atoms with Gasteiger partial charge in [0.2, 0.25) is 0 Å². The van der Waals surface area contributed by atoms with Crippen LogP contribution in [0.15, 0.2) is 24.4 Å². The Balaban J connectivity index is 1.68. The van der Waals surface area contributed by atoms with Crippen molar-refractivity contribution in [3.63, 3.8) is 0 Å². The normalized spacial score (nSPS) is 22.1. The molecule has 0 spiro atoms. The molecule has 0 amide bonds. The number of hydrogen-bond acceptors (Lipinski definition) is 6. The van der Waals surface area contributed by atoms with Crippen molar-refractivity contribution in [2.24, 2.45) is 0 Å². The number of halogens is 1. The second kappa shape index (κ2) is 8.78. The van der Waals surface area contributed by atoms with Crippen LogP contribution in [0.4, 0.5) is 5.82 Å². The minimum Gasteiger partial charge on any atom is -0.381 e. The number of aromatic nitrogens is 2. The molecule has 1 fully saturated rings. The molecule has 7 heteroatoms. The van der Waals surface area contributed by atoms with Crippen LogP contribution in [0.3, 0.4) is 0 Å². The van der Waals surface area contributed by atoms with Crippen LogP contribution >= 0.6 is 11.6 Å². The van der Waals surface area contributed by atoms with Gasteiger partial charge in [0.25, 0.3) is 0 Å². The quantitative estimate of drug-likeness (QED) is 0.714. The molecule has 0 bridgehead atoms. The van der Waals surface area contributed by atoms with E-state index >= 15 is 0 Å². The number of rotatable bonds is 4. The van der Waals surface area contributed by atoms with E-state index in [0.717, 1.165) is 42.1 Å². The number of hydrogen-bond donors (Lipinski definition) is 0. The summed E-state index contributed by atoms with van der Waals surface area (Å²) < 4.78 is 11.5. The Morgan fingerprint density at radius 2 is 1.97 bits per heavy atom. The van der Waals surface area contributed by atoms with Crippen molar-refractivity contribution in [1.82, 2.24) is 9.97 Å². The molecule has 29 heavy (non-hydrogen) atoms. The molecule has 2 atom stereocenters. The Morgan fingerprint density at radius 3 is 2.69 bits per heavy atom. The number of morpholine rings is 1. The molecule has 4 heterocycles. The van der Waals surface area contributed by atoms with Crippen molar-refractivity contribution < 1.29 is 14.3 Å². The number of ether oxygens (including phenoxy) is 2. The molecule has 0 saturated carbocycles. The fourth-order valence-electron chi connectivity index (χ4n) is 4.09. The third-order valence-corrected chi connectivity index (χ3v) is 5.57. The zero-order valence-corrected chi connectivity index (χ0v) is 17.6. The van der Waals surface area contributed by atoms with Crippen molar-refractivity contribution in [1.29, 1.82) is 0 Å². The van der Waals surface area contributed by atoms with Gasteiger partial charge in [0.05, 0.1) is 36.9 Å². The number of carbonyl (C=O) groups excluding carboxylic acids is 1. The first-order valence-corrected chi connectivity index (χ1v) is 10.5. The number of anilines is 1. The SMILES string of the molecule is C[C@@H]1CN(c2cc(C(=O)Cc3ccc(Cl)cn3)c3c(n2)CCOCC3)C[C@H](C)O1. The van der Waals surface area contributed by atoms with Gasteiger partial charge >= 0.3 is 0 Å². The van der Waals surface area contributed by atoms with E-state index < -0.39 is 0 Å². The van der Waals surface area contributed by atoms with Crippen LogP contribution in [0, 0.1) is 0 Å². The predicted octanol–water partition coefficient (Wildman–Crippen LogP) is 3.28. The van der Waals surface area contributed by atoms with Gasteiger partial charge in [-0.25, -0.2) is 4.98 Å². The summed E-state index contributed by atoms with van der Waals surface area (Å²) in [5.74, 6) is 0.899. The van der Waals surface area contributed by atoms with E-state index in [4.69, 9.17) is 26.1 Å². The highest BCUT2D eigenvalue weighted by atomic mass is 35.5. The molecule has 4 rings (SSSR count). The van der Waals surface area contributed by atoms with Crippen LogP contribution < -0.4 is 4.90 Å². The topological polar surface area (TPSA) is 64.6 Å². The summed E-state index contributed by atoms with van der Waals surface area (Å²) >= 11 is 5.92. The average molecular weight is 416 g/mol. The number of Topliss-reactive ketones (excluding diaryl/α,β-unsaturated/α-hetero) is 1. The summed E-state index contributed by atoms with van der Waals surface area (Å²) in [5.41, 5.74) is 3.43. The molecule has 6 nitrogen and oxygen atoms in total. The van der Waals surface area contributed by atoms with Crippen molar-refractivity contribution in [2.75, 3.05) is 31.2 Å². The van der Waals surface area contributed by atoms with E-state index in [0.29, 0.717) is 30.4 Å². The number of nitrogens with zero attached hydrogens (tertiary/aromatic N) is 3. The van der Waals surface area contributed by atoms with Crippen molar-refractivity contribution in [2.45, 2.75) is 45.3 Å². The molecule has 2 aromatic heterocycles. The molecule has 0 aromatic carbocycles. The van der Waals surface area contributed by atoms with E-state index in [1.54, 1.807) is 18.3 Å². The summed E-state index contributed by atoms with van der Waals surface area (Å²) in [6.07, 6.45) is 3.49. The maximum Gasteiger partial charge on any atom is 0.169 e. The third-order valence-electron chi connectivity index (χ3n) is 5.35. The number of fused-ring (bicyclic) bond motifs is 1. The second-order valence-corrected chi connectivity index (χ2v) is 8.23. The molecule has 2 aliphatic rings. The summed E-state index contributed by atoms with van der Waals surface area (Å²) in [6.45, 7) is 6.90. The molecule has 2 aromatic rings. The first kappa shape index (κ1) is 20.3. The highest BCUT2D eigenvalue weighted by Gasteiger charge is 2.27. The summed E-state index contributed by atoms with van der Waals surface area (Å²) in [5, 5.41) is 0.564. The Morgan fingerprint density at radius 1 is 1.21 bits per heavy atom. The van der Waals surface area contributed by atoms with Gasteiger partial charge in [-0.15, -0.1) is 0 Å². The largest absolute Gasteiger partial charge is 0.381 e. The van der Waals surface area contributed by atoms with Crippen LogP contribution in [-0.4, -0.2) is 54.3 Å².